The molecule has 0 fully saturated rings. The first-order chi connectivity index (χ1) is 10.9. The Kier molecular flexibility index (Phi) is 6.68. The molecule has 0 spiro atoms. The minimum atomic E-state index is -0.00932. The molecule has 0 saturated carbocycles. The Labute approximate surface area is 146 Å². The van der Waals surface area contributed by atoms with E-state index in [-0.39, 0.29) is 11.7 Å². The molecule has 0 aliphatic carbocycles. The lowest BCUT2D eigenvalue weighted by Gasteiger charge is -2.08. The summed E-state index contributed by atoms with van der Waals surface area (Å²) in [5.41, 5.74) is 1.16. The quantitative estimate of drug-likeness (QED) is 0.434. The zero-order valence-corrected chi connectivity index (χ0v) is 16.2. The van der Waals surface area contributed by atoms with Crippen LogP contribution < -0.4 is 5.56 Å². The first kappa shape index (κ1) is 18.5. The third-order valence-corrected chi connectivity index (χ3v) is 5.74. The third kappa shape index (κ3) is 4.81. The summed E-state index contributed by atoms with van der Waals surface area (Å²) in [5.74, 6) is 1.37. The summed E-state index contributed by atoms with van der Waals surface area (Å²) in [5, 5.41) is 1.47. The number of aryl methyl sites for hydroxylation is 1. The largest absolute Gasteiger partial charge is 0.378 e. The van der Waals surface area contributed by atoms with Crippen LogP contribution in [-0.2, 0) is 11.2 Å². The van der Waals surface area contributed by atoms with Gasteiger partial charge in [0.2, 0.25) is 0 Å². The molecule has 2 heterocycles. The number of hydrogen-bond acceptors (Lipinski definition) is 5. The van der Waals surface area contributed by atoms with Gasteiger partial charge in [-0.3, -0.25) is 4.79 Å². The molecule has 23 heavy (non-hydrogen) atoms. The van der Waals surface area contributed by atoms with Gasteiger partial charge in [0.1, 0.15) is 4.83 Å². The molecule has 1 unspecified atom stereocenters. The Morgan fingerprint density at radius 2 is 2.09 bits per heavy atom. The molecule has 0 bridgehead atoms. The van der Waals surface area contributed by atoms with E-state index < -0.39 is 0 Å². The van der Waals surface area contributed by atoms with Crippen molar-refractivity contribution in [2.24, 2.45) is 5.92 Å². The number of fused-ring (bicyclic) bond motifs is 1. The first-order valence-electron chi connectivity index (χ1n) is 8.19. The van der Waals surface area contributed by atoms with E-state index in [9.17, 15) is 4.79 Å². The lowest BCUT2D eigenvalue weighted by molar-refractivity contribution is 0.0920. The van der Waals surface area contributed by atoms with Gasteiger partial charge >= 0.3 is 0 Å². The van der Waals surface area contributed by atoms with E-state index in [4.69, 9.17) is 4.74 Å². The van der Waals surface area contributed by atoms with Crippen LogP contribution in [0.2, 0.25) is 0 Å². The SMILES string of the molecule is CCC(C)Cc1c(C)sc2nc(SCCOC(C)C)[nH]c(=O)c12. The summed E-state index contributed by atoms with van der Waals surface area (Å²) >= 11 is 3.17. The van der Waals surface area contributed by atoms with Crippen LogP contribution in [0.4, 0.5) is 0 Å². The molecule has 0 amide bonds. The zero-order valence-electron chi connectivity index (χ0n) is 14.6. The second kappa shape index (κ2) is 8.31. The van der Waals surface area contributed by atoms with E-state index in [1.807, 2.05) is 13.8 Å². The number of rotatable bonds is 8. The first-order valence-corrected chi connectivity index (χ1v) is 9.99. The van der Waals surface area contributed by atoms with Crippen molar-refractivity contribution in [3.8, 4) is 0 Å². The van der Waals surface area contributed by atoms with E-state index in [0.29, 0.717) is 17.7 Å². The maximum atomic E-state index is 12.5. The zero-order chi connectivity index (χ0) is 17.0. The molecule has 6 heteroatoms. The van der Waals surface area contributed by atoms with Gasteiger partial charge in [0.25, 0.3) is 5.56 Å². The molecule has 1 N–H and O–H groups in total. The number of thioether (sulfide) groups is 1. The average molecular weight is 355 g/mol. The van der Waals surface area contributed by atoms with Gasteiger partial charge in [0.15, 0.2) is 5.16 Å². The van der Waals surface area contributed by atoms with Crippen molar-refractivity contribution in [1.82, 2.24) is 9.97 Å². The highest BCUT2D eigenvalue weighted by Gasteiger charge is 2.16. The monoisotopic (exact) mass is 354 g/mol. The van der Waals surface area contributed by atoms with E-state index >= 15 is 0 Å². The highest BCUT2D eigenvalue weighted by Crippen LogP contribution is 2.30. The van der Waals surface area contributed by atoms with E-state index in [2.05, 4.69) is 30.7 Å². The van der Waals surface area contributed by atoms with Crippen LogP contribution in [0.3, 0.4) is 0 Å². The second-order valence-electron chi connectivity index (χ2n) is 6.17. The van der Waals surface area contributed by atoms with Crippen LogP contribution in [0.15, 0.2) is 9.95 Å². The van der Waals surface area contributed by atoms with Crippen LogP contribution in [0.25, 0.3) is 10.2 Å². The minimum Gasteiger partial charge on any atom is -0.378 e. The molecule has 0 aromatic carbocycles. The molecule has 0 radical (unpaired) electrons. The number of hydrogen-bond donors (Lipinski definition) is 1. The topological polar surface area (TPSA) is 55.0 Å². The van der Waals surface area contributed by atoms with Crippen molar-refractivity contribution >= 4 is 33.3 Å². The summed E-state index contributed by atoms with van der Waals surface area (Å²) in [6.07, 6.45) is 2.29. The Bertz CT molecular complexity index is 706. The number of nitrogens with one attached hydrogen (secondary N) is 1. The molecule has 2 aromatic heterocycles. The minimum absolute atomic E-state index is 0.00932. The van der Waals surface area contributed by atoms with Crippen molar-refractivity contribution in [1.29, 1.82) is 0 Å². The van der Waals surface area contributed by atoms with Gasteiger partial charge in [-0.15, -0.1) is 11.3 Å². The Balaban J connectivity index is 2.21. The Hall–Kier alpha value is -0.850. The van der Waals surface area contributed by atoms with Gasteiger partial charge in [0, 0.05) is 10.6 Å². The van der Waals surface area contributed by atoms with Crippen LogP contribution in [0, 0.1) is 12.8 Å². The number of nitrogens with zero attached hydrogens (tertiary/aromatic N) is 1. The van der Waals surface area contributed by atoms with Crippen LogP contribution >= 0.6 is 23.1 Å². The van der Waals surface area contributed by atoms with Crippen molar-refractivity contribution < 1.29 is 4.74 Å². The highest BCUT2D eigenvalue weighted by atomic mass is 32.2. The molecule has 0 saturated heterocycles. The van der Waals surface area contributed by atoms with Crippen LogP contribution in [0.5, 0.6) is 0 Å². The highest BCUT2D eigenvalue weighted by molar-refractivity contribution is 7.99. The second-order valence-corrected chi connectivity index (χ2v) is 8.46. The molecule has 1 atom stereocenters. The van der Waals surface area contributed by atoms with Crippen molar-refractivity contribution in [2.45, 2.75) is 58.7 Å². The summed E-state index contributed by atoms with van der Waals surface area (Å²) in [6.45, 7) is 11.2. The smallest absolute Gasteiger partial charge is 0.260 e. The maximum Gasteiger partial charge on any atom is 0.260 e. The fourth-order valence-corrected chi connectivity index (χ4v) is 4.19. The van der Waals surface area contributed by atoms with Gasteiger partial charge in [-0.2, -0.15) is 0 Å². The van der Waals surface area contributed by atoms with Crippen LogP contribution in [0.1, 0.15) is 44.6 Å². The fraction of sp³-hybridized carbons (Fsp3) is 0.647. The predicted molar refractivity (Wildman–Crippen MR) is 99.9 cm³/mol. The van der Waals surface area contributed by atoms with Crippen LogP contribution in [-0.4, -0.2) is 28.4 Å². The normalized spacial score (nSPS) is 13.1. The van der Waals surface area contributed by atoms with Crippen molar-refractivity contribution in [3.63, 3.8) is 0 Å². The average Bonchev–Trinajstić information content (AvgIpc) is 2.79. The molecule has 128 valence electrons. The van der Waals surface area contributed by atoms with Crippen molar-refractivity contribution in [3.05, 3.63) is 20.8 Å². The predicted octanol–water partition coefficient (Wildman–Crippen LogP) is 4.40. The summed E-state index contributed by atoms with van der Waals surface area (Å²) in [7, 11) is 0. The standard InChI is InChI=1S/C17H26N2O2S2/c1-6-11(4)9-13-12(5)23-16-14(13)15(20)18-17(19-16)22-8-7-21-10(2)3/h10-11H,6-9H2,1-5H3,(H,18,19,20). The molecule has 2 aromatic rings. The third-order valence-electron chi connectivity index (χ3n) is 3.86. The number of aromatic amines is 1. The lowest BCUT2D eigenvalue weighted by Crippen LogP contribution is -2.12. The van der Waals surface area contributed by atoms with E-state index in [0.717, 1.165) is 28.8 Å². The molecular weight excluding hydrogens is 328 g/mol. The number of aromatic nitrogens is 2. The molecule has 0 aliphatic rings. The Morgan fingerprint density at radius 3 is 2.74 bits per heavy atom. The molecule has 2 rings (SSSR count). The number of thiophene rings is 1. The molecule has 0 aliphatic heterocycles. The van der Waals surface area contributed by atoms with Gasteiger partial charge in [0.05, 0.1) is 18.1 Å². The maximum absolute atomic E-state index is 12.5. The Morgan fingerprint density at radius 1 is 1.35 bits per heavy atom. The van der Waals surface area contributed by atoms with Gasteiger partial charge in [-0.05, 0) is 38.7 Å². The summed E-state index contributed by atoms with van der Waals surface area (Å²) in [6, 6.07) is 0. The number of ether oxygens (including phenoxy) is 1. The fourth-order valence-electron chi connectivity index (χ4n) is 2.38. The van der Waals surface area contributed by atoms with Gasteiger partial charge in [-0.25, -0.2) is 4.98 Å². The van der Waals surface area contributed by atoms with E-state index in [1.165, 1.54) is 22.2 Å². The summed E-state index contributed by atoms with van der Waals surface area (Å²) < 4.78 is 5.52. The van der Waals surface area contributed by atoms with Crippen molar-refractivity contribution in [2.75, 3.05) is 12.4 Å². The number of H-pyrrole nitrogens is 1. The molecule has 4 nitrogen and oxygen atoms in total. The van der Waals surface area contributed by atoms with E-state index in [1.54, 1.807) is 11.3 Å². The molecular formula is C17H26N2O2S2. The van der Waals surface area contributed by atoms with Gasteiger partial charge < -0.3 is 9.72 Å². The van der Waals surface area contributed by atoms with Gasteiger partial charge in [-0.1, -0.05) is 32.0 Å². The lowest BCUT2D eigenvalue weighted by atomic mass is 9.98. The summed E-state index contributed by atoms with van der Waals surface area (Å²) in [4.78, 5) is 22.1.